The van der Waals surface area contributed by atoms with Crippen molar-refractivity contribution in [1.82, 2.24) is 0 Å². The number of hydrogen-bond donors (Lipinski definition) is 0. The van der Waals surface area contributed by atoms with E-state index in [0.29, 0.717) is 6.42 Å². The van der Waals surface area contributed by atoms with E-state index in [1.54, 1.807) is 0 Å². The number of halogens is 1. The van der Waals surface area contributed by atoms with E-state index < -0.39 is 8.32 Å². The Kier molecular flexibility index (Phi) is 4.16. The highest BCUT2D eigenvalue weighted by atomic mass is 79.9. The lowest BCUT2D eigenvalue weighted by Crippen LogP contribution is -2.47. The maximum absolute atomic E-state index is 11.9. The molecule has 1 fully saturated rings. The van der Waals surface area contributed by atoms with E-state index in [2.05, 4.69) is 56.7 Å². The molecule has 20 heavy (non-hydrogen) atoms. The summed E-state index contributed by atoms with van der Waals surface area (Å²) in [4.78, 5) is 11.9. The van der Waals surface area contributed by atoms with Crippen molar-refractivity contribution in [1.29, 1.82) is 0 Å². The molecule has 2 rings (SSSR count). The molecule has 0 amide bonds. The van der Waals surface area contributed by atoms with Crippen LogP contribution in [0.1, 0.15) is 53.4 Å². The molecule has 114 valence electrons. The van der Waals surface area contributed by atoms with E-state index in [1.807, 2.05) is 0 Å². The molecule has 0 aromatic rings. The standard InChI is InChI=1S/C16H27BrO2Si/c1-15(2,3)20(5,6)19-13-8-7-11-14(17)12(18)9-10-16(11,13)4/h13H,7-10H2,1-6H3/t13-,16-/m0/s1. The quantitative estimate of drug-likeness (QED) is 0.634. The summed E-state index contributed by atoms with van der Waals surface area (Å²) in [6.45, 7) is 13.8. The third-order valence-corrected chi connectivity index (χ3v) is 11.1. The van der Waals surface area contributed by atoms with Crippen LogP contribution in [-0.4, -0.2) is 20.2 Å². The van der Waals surface area contributed by atoms with Crippen LogP contribution in [0.25, 0.3) is 0 Å². The van der Waals surface area contributed by atoms with Gasteiger partial charge >= 0.3 is 0 Å². The summed E-state index contributed by atoms with van der Waals surface area (Å²) in [5.74, 6) is 0.269. The maximum atomic E-state index is 11.9. The number of hydrogen-bond acceptors (Lipinski definition) is 2. The van der Waals surface area contributed by atoms with Gasteiger partial charge in [0.15, 0.2) is 14.1 Å². The number of carbonyl (C=O) groups excluding carboxylic acids is 1. The normalized spacial score (nSPS) is 31.8. The van der Waals surface area contributed by atoms with Gasteiger partial charge in [-0.1, -0.05) is 27.7 Å². The number of allylic oxidation sites excluding steroid dienone is 1. The van der Waals surface area contributed by atoms with E-state index in [0.717, 1.165) is 23.7 Å². The van der Waals surface area contributed by atoms with Gasteiger partial charge in [0.1, 0.15) is 0 Å². The molecule has 0 aromatic heterocycles. The Morgan fingerprint density at radius 1 is 1.30 bits per heavy atom. The Balaban J connectivity index is 2.27. The molecule has 0 N–H and O–H groups in total. The molecule has 0 bridgehead atoms. The highest BCUT2D eigenvalue weighted by Crippen LogP contribution is 2.54. The third kappa shape index (κ3) is 2.59. The van der Waals surface area contributed by atoms with Crippen LogP contribution in [-0.2, 0) is 9.22 Å². The Labute approximate surface area is 132 Å². The first-order chi connectivity index (χ1) is 8.99. The molecular weight excluding hydrogens is 332 g/mol. The zero-order chi connectivity index (χ0) is 15.3. The summed E-state index contributed by atoms with van der Waals surface area (Å²) in [6, 6.07) is 0. The number of fused-ring (bicyclic) bond motifs is 1. The summed E-state index contributed by atoms with van der Waals surface area (Å²) < 4.78 is 7.53. The second-order valence-electron chi connectivity index (χ2n) is 8.04. The lowest BCUT2D eigenvalue weighted by Gasteiger charge is -2.44. The van der Waals surface area contributed by atoms with E-state index in [-0.39, 0.29) is 22.3 Å². The zero-order valence-electron chi connectivity index (χ0n) is 13.6. The van der Waals surface area contributed by atoms with E-state index in [4.69, 9.17) is 4.43 Å². The van der Waals surface area contributed by atoms with Crippen LogP contribution in [0.2, 0.25) is 18.1 Å². The molecule has 0 aromatic carbocycles. The van der Waals surface area contributed by atoms with Crippen molar-refractivity contribution in [2.45, 2.75) is 77.6 Å². The summed E-state index contributed by atoms with van der Waals surface area (Å²) in [5.41, 5.74) is 1.36. The van der Waals surface area contributed by atoms with Crippen LogP contribution >= 0.6 is 15.9 Å². The SMILES string of the molecule is CC(C)(C)[Si](C)(C)O[C@H]1CCC2=C(Br)C(=O)CC[C@@]21C. The Bertz CT molecular complexity index is 462. The Morgan fingerprint density at radius 2 is 1.90 bits per heavy atom. The smallest absolute Gasteiger partial charge is 0.192 e. The monoisotopic (exact) mass is 358 g/mol. The minimum atomic E-state index is -1.76. The van der Waals surface area contributed by atoms with Crippen molar-refractivity contribution in [3.63, 3.8) is 0 Å². The molecule has 0 heterocycles. The Hall–Kier alpha value is 0.0669. The van der Waals surface area contributed by atoms with Gasteiger partial charge in [-0.2, -0.15) is 0 Å². The first-order valence-corrected chi connectivity index (χ1v) is 11.3. The van der Waals surface area contributed by atoms with Gasteiger partial charge in [-0.05, 0) is 58.9 Å². The Morgan fingerprint density at radius 3 is 2.45 bits per heavy atom. The van der Waals surface area contributed by atoms with Gasteiger partial charge in [-0.25, -0.2) is 0 Å². The molecule has 0 spiro atoms. The summed E-state index contributed by atoms with van der Waals surface area (Å²) in [6.07, 6.45) is 3.93. The van der Waals surface area contributed by atoms with Gasteiger partial charge in [0.05, 0.1) is 10.6 Å². The summed E-state index contributed by atoms with van der Waals surface area (Å²) in [5, 5.41) is 0.234. The lowest BCUT2D eigenvalue weighted by molar-refractivity contribution is -0.116. The fourth-order valence-electron chi connectivity index (χ4n) is 3.12. The van der Waals surface area contributed by atoms with Crippen LogP contribution in [0.4, 0.5) is 0 Å². The maximum Gasteiger partial charge on any atom is 0.192 e. The van der Waals surface area contributed by atoms with Crippen LogP contribution < -0.4 is 0 Å². The van der Waals surface area contributed by atoms with Gasteiger partial charge in [0.2, 0.25) is 0 Å². The van der Waals surface area contributed by atoms with E-state index >= 15 is 0 Å². The van der Waals surface area contributed by atoms with Crippen molar-refractivity contribution in [3.8, 4) is 0 Å². The molecule has 0 aliphatic heterocycles. The van der Waals surface area contributed by atoms with E-state index in [1.165, 1.54) is 5.57 Å². The average molecular weight is 359 g/mol. The first kappa shape index (κ1) is 16.4. The van der Waals surface area contributed by atoms with E-state index in [9.17, 15) is 4.79 Å². The molecule has 1 saturated carbocycles. The fourth-order valence-corrected chi connectivity index (χ4v) is 5.41. The van der Waals surface area contributed by atoms with Gasteiger partial charge < -0.3 is 4.43 Å². The van der Waals surface area contributed by atoms with Gasteiger partial charge in [-0.3, -0.25) is 4.79 Å². The molecule has 0 saturated heterocycles. The van der Waals surface area contributed by atoms with Crippen molar-refractivity contribution in [3.05, 3.63) is 10.1 Å². The predicted molar refractivity (Wildman–Crippen MR) is 89.6 cm³/mol. The third-order valence-electron chi connectivity index (χ3n) is 5.68. The zero-order valence-corrected chi connectivity index (χ0v) is 16.2. The molecule has 2 atom stereocenters. The van der Waals surface area contributed by atoms with Gasteiger partial charge in [0, 0.05) is 11.8 Å². The molecule has 0 radical (unpaired) electrons. The minimum Gasteiger partial charge on any atom is -0.413 e. The molecule has 2 aliphatic rings. The van der Waals surface area contributed by atoms with Crippen LogP contribution in [0.5, 0.6) is 0 Å². The van der Waals surface area contributed by atoms with Crippen molar-refractivity contribution in [2.75, 3.05) is 0 Å². The molecular formula is C16H27BrO2Si. The van der Waals surface area contributed by atoms with Crippen molar-refractivity contribution in [2.24, 2.45) is 5.41 Å². The van der Waals surface area contributed by atoms with Crippen LogP contribution in [0, 0.1) is 5.41 Å². The predicted octanol–water partition coefficient (Wildman–Crippen LogP) is 5.19. The van der Waals surface area contributed by atoms with Crippen LogP contribution in [0.15, 0.2) is 10.1 Å². The number of Topliss-reactive ketones (excluding diaryl/α,β-unsaturated/α-hetero) is 1. The lowest BCUT2D eigenvalue weighted by atomic mass is 9.74. The van der Waals surface area contributed by atoms with Crippen LogP contribution in [0.3, 0.4) is 0 Å². The first-order valence-electron chi connectivity index (χ1n) is 7.59. The molecule has 4 heteroatoms. The van der Waals surface area contributed by atoms with Crippen molar-refractivity contribution < 1.29 is 9.22 Å². The molecule has 2 aliphatic carbocycles. The average Bonchev–Trinajstić information content (AvgIpc) is 2.61. The van der Waals surface area contributed by atoms with Crippen molar-refractivity contribution >= 4 is 30.0 Å². The van der Waals surface area contributed by atoms with Gasteiger partial charge in [0.25, 0.3) is 0 Å². The number of ketones is 1. The number of carbonyl (C=O) groups is 1. The second kappa shape index (κ2) is 5.06. The highest BCUT2D eigenvalue weighted by Gasteiger charge is 2.51. The molecule has 2 nitrogen and oxygen atoms in total. The molecule has 0 unspecified atom stereocenters. The fraction of sp³-hybridized carbons (Fsp3) is 0.812. The highest BCUT2D eigenvalue weighted by molar-refractivity contribution is 9.12. The van der Waals surface area contributed by atoms with Gasteiger partial charge in [-0.15, -0.1) is 0 Å². The largest absolute Gasteiger partial charge is 0.413 e. The second-order valence-corrected chi connectivity index (χ2v) is 13.6. The minimum absolute atomic E-state index is 0.0578. The summed E-state index contributed by atoms with van der Waals surface area (Å²) in [7, 11) is -1.76. The number of rotatable bonds is 2. The topological polar surface area (TPSA) is 26.3 Å². The summed E-state index contributed by atoms with van der Waals surface area (Å²) >= 11 is 3.53.